The van der Waals surface area contributed by atoms with E-state index in [-0.39, 0.29) is 32.6 Å². The Morgan fingerprint density at radius 3 is 1.82 bits per heavy atom. The Morgan fingerprint density at radius 2 is 1.32 bits per heavy atom. The van der Waals surface area contributed by atoms with E-state index in [1.807, 2.05) is 0 Å². The molecule has 3 N–H and O–H groups in total. The van der Waals surface area contributed by atoms with Gasteiger partial charge >= 0.3 is 19.8 Å². The molecule has 0 saturated carbocycles. The third-order valence-electron chi connectivity index (χ3n) is 5.30. The minimum absolute atomic E-state index is 0.0551. The summed E-state index contributed by atoms with van der Waals surface area (Å²) in [6.45, 7) is 3.09. The summed E-state index contributed by atoms with van der Waals surface area (Å²) in [5.74, 6) is -0.927. The van der Waals surface area contributed by atoms with Gasteiger partial charge in [-0.1, -0.05) is 90.9 Å². The Hall–Kier alpha value is -0.990. The highest BCUT2D eigenvalue weighted by molar-refractivity contribution is 7.47. The Morgan fingerprint density at radius 1 is 0.794 bits per heavy atom. The summed E-state index contributed by atoms with van der Waals surface area (Å²) in [6, 6.07) is 0. The highest BCUT2D eigenvalue weighted by Gasteiger charge is 2.25. The molecule has 34 heavy (non-hydrogen) atoms. The molecule has 0 spiro atoms. The van der Waals surface area contributed by atoms with E-state index in [2.05, 4.69) is 11.4 Å². The van der Waals surface area contributed by atoms with Crippen molar-refractivity contribution in [2.45, 2.75) is 116 Å². The van der Waals surface area contributed by atoms with Crippen LogP contribution >= 0.6 is 7.82 Å². The fraction of sp³-hybridized carbons (Fsp3) is 0.917. The molecule has 2 atom stereocenters. The number of hydrogen-bond donors (Lipinski definition) is 2. The van der Waals surface area contributed by atoms with Crippen molar-refractivity contribution in [1.82, 2.24) is 0 Å². The molecule has 0 radical (unpaired) electrons. The van der Waals surface area contributed by atoms with E-state index in [1.54, 1.807) is 6.92 Å². The third kappa shape index (κ3) is 21.5. The van der Waals surface area contributed by atoms with Gasteiger partial charge in [0.05, 0.1) is 13.2 Å². The smallest absolute Gasteiger partial charge is 0.462 e. The fourth-order valence-electron chi connectivity index (χ4n) is 3.32. The molecule has 0 aromatic rings. The highest BCUT2D eigenvalue weighted by atomic mass is 31.2. The first kappa shape index (κ1) is 33.0. The summed E-state index contributed by atoms with van der Waals surface area (Å²) in [7, 11) is -4.32. The molecule has 0 amide bonds. The van der Waals surface area contributed by atoms with E-state index in [0.29, 0.717) is 6.42 Å². The molecule has 0 aliphatic carbocycles. The van der Waals surface area contributed by atoms with Gasteiger partial charge in [0, 0.05) is 19.4 Å². The van der Waals surface area contributed by atoms with Gasteiger partial charge in [-0.2, -0.15) is 0 Å². The summed E-state index contributed by atoms with van der Waals surface area (Å²) in [5, 5.41) is 0. The zero-order chi connectivity index (χ0) is 25.5. The van der Waals surface area contributed by atoms with Gasteiger partial charge < -0.3 is 20.1 Å². The number of carbonyl (C=O) groups is 2. The Labute approximate surface area is 206 Å². The van der Waals surface area contributed by atoms with Gasteiger partial charge in [-0.05, 0) is 6.42 Å². The molecular weight excluding hydrogens is 461 g/mol. The van der Waals surface area contributed by atoms with Crippen LogP contribution in [0.15, 0.2) is 0 Å². The van der Waals surface area contributed by atoms with E-state index in [9.17, 15) is 19.0 Å². The number of hydrogen-bond acceptors (Lipinski definition) is 8. The average molecular weight is 510 g/mol. The largest absolute Gasteiger partial charge is 0.472 e. The zero-order valence-corrected chi connectivity index (χ0v) is 22.2. The Kier molecular flexibility index (Phi) is 21.8. The lowest BCUT2D eigenvalue weighted by atomic mass is 10.0. The number of carbonyl (C=O) groups excluding carboxylic acids is 2. The average Bonchev–Trinajstić information content (AvgIpc) is 2.82. The Bertz CT molecular complexity index is 561. The highest BCUT2D eigenvalue weighted by Crippen LogP contribution is 2.43. The molecule has 202 valence electrons. The van der Waals surface area contributed by atoms with Crippen molar-refractivity contribution in [2.75, 3.05) is 26.4 Å². The molecular formula is C24H48NO8P. The predicted octanol–water partition coefficient (Wildman–Crippen LogP) is 5.43. The van der Waals surface area contributed by atoms with Gasteiger partial charge in [0.15, 0.2) is 6.10 Å². The van der Waals surface area contributed by atoms with Gasteiger partial charge in [-0.25, -0.2) is 4.57 Å². The van der Waals surface area contributed by atoms with Crippen LogP contribution in [-0.2, 0) is 32.7 Å². The molecule has 0 aromatic heterocycles. The second-order valence-electron chi connectivity index (χ2n) is 8.53. The van der Waals surface area contributed by atoms with Crippen molar-refractivity contribution in [3.05, 3.63) is 0 Å². The molecule has 0 saturated heterocycles. The number of unbranched alkanes of at least 4 members (excludes halogenated alkanes) is 12. The molecule has 0 rings (SSSR count). The molecule has 1 unspecified atom stereocenters. The summed E-state index contributed by atoms with van der Waals surface area (Å²) in [5.41, 5.74) is 5.24. The maximum Gasteiger partial charge on any atom is 0.472 e. The summed E-state index contributed by atoms with van der Waals surface area (Å²) in [6.07, 6.45) is 15.2. The van der Waals surface area contributed by atoms with E-state index in [0.717, 1.165) is 12.8 Å². The summed E-state index contributed by atoms with van der Waals surface area (Å²) < 4.78 is 31.6. The van der Waals surface area contributed by atoms with Gasteiger partial charge in [-0.15, -0.1) is 0 Å². The topological polar surface area (TPSA) is 134 Å². The number of phosphoric ester groups is 1. The van der Waals surface area contributed by atoms with E-state index < -0.39 is 32.5 Å². The summed E-state index contributed by atoms with van der Waals surface area (Å²) >= 11 is 0. The van der Waals surface area contributed by atoms with E-state index in [1.165, 1.54) is 64.2 Å². The van der Waals surface area contributed by atoms with Gasteiger partial charge in [0.25, 0.3) is 0 Å². The minimum Gasteiger partial charge on any atom is -0.462 e. The maximum absolute atomic E-state index is 12.2. The Balaban J connectivity index is 4.02. The molecule has 0 heterocycles. The van der Waals surface area contributed by atoms with Crippen molar-refractivity contribution in [2.24, 2.45) is 5.73 Å². The molecule has 0 aliphatic rings. The third-order valence-corrected chi connectivity index (χ3v) is 6.28. The van der Waals surface area contributed by atoms with Crippen molar-refractivity contribution in [3.8, 4) is 0 Å². The van der Waals surface area contributed by atoms with Crippen LogP contribution in [0.3, 0.4) is 0 Å². The number of ether oxygens (including phenoxy) is 2. The molecule has 0 bridgehead atoms. The normalized spacial score (nSPS) is 13.9. The number of phosphoric acid groups is 1. The van der Waals surface area contributed by atoms with Crippen LogP contribution in [0.4, 0.5) is 0 Å². The molecule has 0 aromatic carbocycles. The lowest BCUT2D eigenvalue weighted by Crippen LogP contribution is -2.29. The lowest BCUT2D eigenvalue weighted by molar-refractivity contribution is -0.161. The standard InChI is InChI=1S/C24H48NO8P/c1-3-5-6-7-8-9-10-11-12-13-14-15-16-17-24(27)33-22(20-30-23(26)4-2)21-32-34(28,29)31-19-18-25/h22H,3-21,25H2,1-2H3,(H,28,29)/t22-/m1/s1. The van der Waals surface area contributed by atoms with Gasteiger partial charge in [0.1, 0.15) is 6.61 Å². The molecule has 0 fully saturated rings. The minimum atomic E-state index is -4.32. The SMILES string of the molecule is CCCCCCCCCCCCCCCC(=O)O[C@H](COC(=O)CC)COP(=O)(O)OCCN. The van der Waals surface area contributed by atoms with Crippen molar-refractivity contribution in [1.29, 1.82) is 0 Å². The molecule has 10 heteroatoms. The quantitative estimate of drug-likeness (QED) is 0.0992. The van der Waals surface area contributed by atoms with E-state index >= 15 is 0 Å². The monoisotopic (exact) mass is 509 g/mol. The van der Waals surface area contributed by atoms with Crippen LogP contribution in [0.25, 0.3) is 0 Å². The first-order valence-corrected chi connectivity index (χ1v) is 14.5. The fourth-order valence-corrected chi connectivity index (χ4v) is 4.08. The predicted molar refractivity (Wildman–Crippen MR) is 132 cm³/mol. The summed E-state index contributed by atoms with van der Waals surface area (Å²) in [4.78, 5) is 33.2. The second-order valence-corrected chi connectivity index (χ2v) is 9.98. The molecule has 9 nitrogen and oxygen atoms in total. The van der Waals surface area contributed by atoms with Crippen molar-refractivity contribution >= 4 is 19.8 Å². The van der Waals surface area contributed by atoms with Crippen LogP contribution in [0.5, 0.6) is 0 Å². The second kappa shape index (κ2) is 22.5. The van der Waals surface area contributed by atoms with Crippen molar-refractivity contribution < 1.29 is 37.6 Å². The van der Waals surface area contributed by atoms with Crippen LogP contribution in [0.1, 0.15) is 110 Å². The first-order valence-electron chi connectivity index (χ1n) is 13.0. The molecule has 0 aliphatic heterocycles. The maximum atomic E-state index is 12.2. The van der Waals surface area contributed by atoms with Crippen LogP contribution in [0.2, 0.25) is 0 Å². The number of nitrogens with two attached hydrogens (primary N) is 1. The van der Waals surface area contributed by atoms with Crippen LogP contribution in [-0.4, -0.2) is 49.3 Å². The number of esters is 2. The number of rotatable bonds is 24. The zero-order valence-electron chi connectivity index (χ0n) is 21.3. The van der Waals surface area contributed by atoms with Gasteiger partial charge in [-0.3, -0.25) is 18.6 Å². The van der Waals surface area contributed by atoms with E-state index in [4.69, 9.17) is 19.7 Å². The van der Waals surface area contributed by atoms with Crippen LogP contribution < -0.4 is 5.73 Å². The van der Waals surface area contributed by atoms with Crippen molar-refractivity contribution in [3.63, 3.8) is 0 Å². The lowest BCUT2D eigenvalue weighted by Gasteiger charge is -2.19. The van der Waals surface area contributed by atoms with Gasteiger partial charge in [0.2, 0.25) is 0 Å². The first-order chi connectivity index (χ1) is 16.3. The van der Waals surface area contributed by atoms with Crippen LogP contribution in [0, 0.1) is 0 Å².